The highest BCUT2D eigenvalue weighted by molar-refractivity contribution is 5.98. The van der Waals surface area contributed by atoms with Crippen LogP contribution in [0.4, 0.5) is 0 Å². The second-order valence-electron chi connectivity index (χ2n) is 4.28. The van der Waals surface area contributed by atoms with Crippen molar-refractivity contribution in [3.63, 3.8) is 0 Å². The van der Waals surface area contributed by atoms with Crippen LogP contribution in [0, 0.1) is 5.92 Å². The third-order valence-corrected chi connectivity index (χ3v) is 4.06. The largest absolute Gasteiger partial charge is 0.423 e. The number of unbranched alkanes of at least 4 members (excludes halogenated alkanes) is 2. The Kier molecular flexibility index (Phi) is 6.34. The van der Waals surface area contributed by atoms with Crippen molar-refractivity contribution >= 4 is 10.5 Å². The second kappa shape index (κ2) is 6.38. The average molecular weight is 200 g/mol. The second-order valence-corrected chi connectivity index (χ2v) is 4.69. The molecule has 0 radical (unpaired) electrons. The molecule has 0 spiro atoms. The molecule has 0 rings (SSSR count). The zero-order chi connectivity index (χ0) is 10.3. The number of allylic oxidation sites excluding steroid dienone is 1. The van der Waals surface area contributed by atoms with Crippen molar-refractivity contribution < 1.29 is 4.43 Å². The van der Waals surface area contributed by atoms with E-state index < -0.39 is 0 Å². The zero-order valence-electron chi connectivity index (χ0n) is 9.60. The molecule has 0 amide bonds. The summed E-state index contributed by atoms with van der Waals surface area (Å²) in [5, 5.41) is 0. The van der Waals surface area contributed by atoms with Crippen LogP contribution in [0.25, 0.3) is 0 Å². The summed E-state index contributed by atoms with van der Waals surface area (Å²) < 4.78 is 5.58. The minimum Gasteiger partial charge on any atom is -0.423 e. The Morgan fingerprint density at radius 3 is 2.54 bits per heavy atom. The van der Waals surface area contributed by atoms with Gasteiger partial charge in [0.25, 0.3) is 0 Å². The maximum atomic E-state index is 5.58. The average Bonchev–Trinajstić information content (AvgIpc) is 2.12. The van der Waals surface area contributed by atoms with Crippen molar-refractivity contribution in [2.75, 3.05) is 0 Å². The van der Waals surface area contributed by atoms with Gasteiger partial charge in [0.2, 0.25) is 0 Å². The van der Waals surface area contributed by atoms with Crippen LogP contribution in [-0.4, -0.2) is 16.1 Å². The number of rotatable bonds is 7. The van der Waals surface area contributed by atoms with Crippen molar-refractivity contribution in [3.05, 3.63) is 12.7 Å². The van der Waals surface area contributed by atoms with Crippen molar-refractivity contribution in [2.24, 2.45) is 5.92 Å². The summed E-state index contributed by atoms with van der Waals surface area (Å²) in [4.78, 5) is 0. The molecule has 1 atom stereocenters. The summed E-state index contributed by atoms with van der Waals surface area (Å²) in [5.74, 6) is 0.662. The van der Waals surface area contributed by atoms with Gasteiger partial charge in [-0.3, -0.25) is 0 Å². The lowest BCUT2D eigenvalue weighted by Gasteiger charge is -2.31. The van der Waals surface area contributed by atoms with Crippen LogP contribution < -0.4 is 0 Å². The van der Waals surface area contributed by atoms with Crippen molar-refractivity contribution in [3.8, 4) is 0 Å². The topological polar surface area (TPSA) is 9.23 Å². The van der Waals surface area contributed by atoms with Gasteiger partial charge in [-0.05, 0) is 39.0 Å². The quantitative estimate of drug-likeness (QED) is 0.348. The third kappa shape index (κ3) is 5.27. The van der Waals surface area contributed by atoms with E-state index in [1.807, 2.05) is 6.08 Å². The SMILES string of the molecule is C=CCCCCC(C)C(C)(C)O[SiH3]. The van der Waals surface area contributed by atoms with Gasteiger partial charge in [0.15, 0.2) is 0 Å². The first-order valence-electron chi connectivity index (χ1n) is 5.20. The minimum atomic E-state index is 0.0837. The van der Waals surface area contributed by atoms with E-state index in [-0.39, 0.29) is 5.60 Å². The van der Waals surface area contributed by atoms with Crippen LogP contribution in [0.15, 0.2) is 12.7 Å². The van der Waals surface area contributed by atoms with Gasteiger partial charge in [-0.25, -0.2) is 0 Å². The molecular weight excluding hydrogens is 176 g/mol. The predicted octanol–water partition coefficient (Wildman–Crippen LogP) is 2.44. The summed E-state index contributed by atoms with van der Waals surface area (Å²) in [6.45, 7) is 10.4. The standard InChI is InChI=1S/C11H24OSi/c1-5-6-7-8-9-10(2)11(3,4)12-13/h5,10H,1,6-9H2,2-4,13H3. The highest BCUT2D eigenvalue weighted by Gasteiger charge is 2.23. The molecule has 0 aliphatic heterocycles. The Labute approximate surface area is 86.1 Å². The van der Waals surface area contributed by atoms with Gasteiger partial charge in [0.05, 0.1) is 5.60 Å². The minimum absolute atomic E-state index is 0.0837. The highest BCUT2D eigenvalue weighted by atomic mass is 28.2. The van der Waals surface area contributed by atoms with Crippen LogP contribution in [0.1, 0.15) is 46.5 Å². The molecule has 0 aromatic heterocycles. The van der Waals surface area contributed by atoms with E-state index in [0.717, 1.165) is 16.9 Å². The summed E-state index contributed by atoms with van der Waals surface area (Å²) in [6, 6.07) is 0. The summed E-state index contributed by atoms with van der Waals surface area (Å²) in [6.07, 6.45) is 6.98. The Morgan fingerprint density at radius 2 is 2.08 bits per heavy atom. The molecule has 0 N–H and O–H groups in total. The predicted molar refractivity (Wildman–Crippen MR) is 62.9 cm³/mol. The van der Waals surface area contributed by atoms with Crippen molar-refractivity contribution in [1.82, 2.24) is 0 Å². The molecule has 0 bridgehead atoms. The lowest BCUT2D eigenvalue weighted by molar-refractivity contribution is 0.0563. The fourth-order valence-corrected chi connectivity index (χ4v) is 1.69. The van der Waals surface area contributed by atoms with Gasteiger partial charge in [-0.1, -0.05) is 19.4 Å². The number of hydrogen-bond acceptors (Lipinski definition) is 1. The summed E-state index contributed by atoms with van der Waals surface area (Å²) >= 11 is 0. The van der Waals surface area contributed by atoms with Crippen LogP contribution >= 0.6 is 0 Å². The van der Waals surface area contributed by atoms with Gasteiger partial charge in [0, 0.05) is 0 Å². The first kappa shape index (κ1) is 12.9. The van der Waals surface area contributed by atoms with E-state index in [0.29, 0.717) is 5.92 Å². The highest BCUT2D eigenvalue weighted by Crippen LogP contribution is 2.24. The summed E-state index contributed by atoms with van der Waals surface area (Å²) in [5.41, 5.74) is 0.0837. The molecule has 78 valence electrons. The molecule has 1 nitrogen and oxygen atoms in total. The number of hydrogen-bond donors (Lipinski definition) is 0. The molecule has 0 saturated carbocycles. The summed E-state index contributed by atoms with van der Waals surface area (Å²) in [7, 11) is 0.839. The van der Waals surface area contributed by atoms with Gasteiger partial charge < -0.3 is 4.43 Å². The van der Waals surface area contributed by atoms with Gasteiger partial charge >= 0.3 is 0 Å². The van der Waals surface area contributed by atoms with Gasteiger partial charge in [-0.2, -0.15) is 0 Å². The lowest BCUT2D eigenvalue weighted by atomic mass is 9.88. The molecule has 0 aliphatic carbocycles. The van der Waals surface area contributed by atoms with E-state index >= 15 is 0 Å². The Balaban J connectivity index is 3.61. The fourth-order valence-electron chi connectivity index (χ4n) is 1.29. The van der Waals surface area contributed by atoms with Gasteiger partial charge in [0.1, 0.15) is 10.5 Å². The fraction of sp³-hybridized carbons (Fsp3) is 0.818. The van der Waals surface area contributed by atoms with Gasteiger partial charge in [-0.15, -0.1) is 6.58 Å². The molecule has 0 heterocycles. The molecule has 13 heavy (non-hydrogen) atoms. The maximum Gasteiger partial charge on any atom is 0.146 e. The van der Waals surface area contributed by atoms with Crippen molar-refractivity contribution in [2.45, 2.75) is 52.1 Å². The molecule has 0 saturated heterocycles. The van der Waals surface area contributed by atoms with E-state index in [4.69, 9.17) is 4.43 Å². The van der Waals surface area contributed by atoms with Crippen molar-refractivity contribution in [1.29, 1.82) is 0 Å². The third-order valence-electron chi connectivity index (χ3n) is 3.01. The zero-order valence-corrected chi connectivity index (χ0v) is 11.6. The monoisotopic (exact) mass is 200 g/mol. The molecule has 2 heteroatoms. The van der Waals surface area contributed by atoms with E-state index in [9.17, 15) is 0 Å². The molecular formula is C11H24OSi. The molecule has 1 unspecified atom stereocenters. The Bertz CT molecular complexity index is 143. The lowest BCUT2D eigenvalue weighted by Crippen LogP contribution is -2.31. The van der Waals surface area contributed by atoms with E-state index in [1.165, 1.54) is 19.3 Å². The van der Waals surface area contributed by atoms with Crippen LogP contribution in [0.2, 0.25) is 0 Å². The molecule has 0 aromatic carbocycles. The first-order valence-corrected chi connectivity index (χ1v) is 6.02. The van der Waals surface area contributed by atoms with Crippen LogP contribution in [-0.2, 0) is 4.43 Å². The Morgan fingerprint density at radius 1 is 1.46 bits per heavy atom. The smallest absolute Gasteiger partial charge is 0.146 e. The molecule has 0 fully saturated rings. The Hall–Kier alpha value is -0.0831. The van der Waals surface area contributed by atoms with Crippen LogP contribution in [0.3, 0.4) is 0 Å². The normalized spacial score (nSPS) is 14.4. The first-order chi connectivity index (χ1) is 6.04. The van der Waals surface area contributed by atoms with Crippen LogP contribution in [0.5, 0.6) is 0 Å². The van der Waals surface area contributed by atoms with E-state index in [1.54, 1.807) is 0 Å². The van der Waals surface area contributed by atoms with E-state index in [2.05, 4.69) is 27.4 Å². The molecule has 0 aromatic rings. The maximum absolute atomic E-state index is 5.58. The molecule has 0 aliphatic rings.